The number of rotatable bonds is 1. The van der Waals surface area contributed by atoms with E-state index in [0.717, 1.165) is 26.3 Å². The molecule has 2 heterocycles. The summed E-state index contributed by atoms with van der Waals surface area (Å²) in [7, 11) is 0. The molecule has 82 valence electrons. The summed E-state index contributed by atoms with van der Waals surface area (Å²) in [6.07, 6.45) is 0. The second-order valence-corrected chi connectivity index (χ2v) is 4.37. The molecule has 1 N–H and O–H groups in total. The van der Waals surface area contributed by atoms with E-state index in [1.54, 1.807) is 0 Å². The second-order valence-electron chi connectivity index (χ2n) is 4.37. The average molecular weight is 226 g/mol. The number of halogens is 1. The summed E-state index contributed by atoms with van der Waals surface area (Å²) < 4.78 is 5.63. The number of nitrogens with one attached hydrogen (secondary N) is 1. The van der Waals surface area contributed by atoms with Crippen LogP contribution in [0.4, 0.5) is 0 Å². The van der Waals surface area contributed by atoms with E-state index in [2.05, 4.69) is 35.6 Å². The van der Waals surface area contributed by atoms with Gasteiger partial charge in [-0.2, -0.15) is 0 Å². The molecule has 2 aliphatic rings. The number of ether oxygens (including phenoxy) is 1. The summed E-state index contributed by atoms with van der Waals surface area (Å²) in [6, 6.07) is 10.8. The van der Waals surface area contributed by atoms with Crippen LogP contribution in [0.2, 0.25) is 0 Å². The topological polar surface area (TPSA) is 21.3 Å². The maximum atomic E-state index is 5.63. The van der Waals surface area contributed by atoms with Crippen LogP contribution in [0, 0.1) is 5.92 Å². The molecule has 0 bridgehead atoms. The molecule has 0 aromatic heterocycles. The summed E-state index contributed by atoms with van der Waals surface area (Å²) in [4.78, 5) is 0. The van der Waals surface area contributed by atoms with Crippen LogP contribution in [-0.4, -0.2) is 26.3 Å². The van der Waals surface area contributed by atoms with Crippen LogP contribution in [0.5, 0.6) is 0 Å². The van der Waals surface area contributed by atoms with E-state index in [1.807, 2.05) is 0 Å². The lowest BCUT2D eigenvalue weighted by Gasteiger charge is -2.26. The van der Waals surface area contributed by atoms with Crippen LogP contribution < -0.4 is 5.32 Å². The van der Waals surface area contributed by atoms with Gasteiger partial charge in [-0.15, -0.1) is 12.4 Å². The number of benzene rings is 1. The Kier molecular flexibility index (Phi) is 3.01. The molecule has 0 amide bonds. The maximum absolute atomic E-state index is 5.63. The van der Waals surface area contributed by atoms with Crippen LogP contribution in [0.25, 0.3) is 0 Å². The van der Waals surface area contributed by atoms with Gasteiger partial charge in [0.1, 0.15) is 0 Å². The van der Waals surface area contributed by atoms with Crippen LogP contribution in [0.3, 0.4) is 0 Å². The molecular weight excluding hydrogens is 210 g/mol. The first-order chi connectivity index (χ1) is 6.92. The predicted octanol–water partition coefficient (Wildman–Crippen LogP) is 1.60. The van der Waals surface area contributed by atoms with Crippen LogP contribution >= 0.6 is 12.4 Å². The third-order valence-electron chi connectivity index (χ3n) is 3.64. The van der Waals surface area contributed by atoms with Gasteiger partial charge in [0.2, 0.25) is 0 Å². The number of hydrogen-bond donors (Lipinski definition) is 1. The molecule has 0 radical (unpaired) electrons. The Morgan fingerprint density at radius 2 is 2.07 bits per heavy atom. The van der Waals surface area contributed by atoms with Crippen molar-refractivity contribution in [2.75, 3.05) is 26.3 Å². The molecule has 1 aromatic rings. The summed E-state index contributed by atoms with van der Waals surface area (Å²) >= 11 is 0. The van der Waals surface area contributed by atoms with Gasteiger partial charge in [-0.05, 0) is 5.56 Å². The Morgan fingerprint density at radius 3 is 2.87 bits per heavy atom. The molecule has 3 rings (SSSR count). The van der Waals surface area contributed by atoms with E-state index in [4.69, 9.17) is 4.74 Å². The largest absolute Gasteiger partial charge is 0.380 e. The SMILES string of the molecule is Cl.c1ccc(C23CNCC2COC3)cc1. The third-order valence-corrected chi connectivity index (χ3v) is 3.64. The van der Waals surface area contributed by atoms with E-state index >= 15 is 0 Å². The quantitative estimate of drug-likeness (QED) is 0.784. The van der Waals surface area contributed by atoms with Crippen LogP contribution in [0.1, 0.15) is 5.56 Å². The zero-order chi connectivity index (χ0) is 9.43. The van der Waals surface area contributed by atoms with Gasteiger partial charge in [0.25, 0.3) is 0 Å². The lowest BCUT2D eigenvalue weighted by Crippen LogP contribution is -2.34. The lowest BCUT2D eigenvalue weighted by atomic mass is 9.75. The Bertz CT molecular complexity index is 318. The third kappa shape index (κ3) is 1.57. The molecule has 3 heteroatoms. The summed E-state index contributed by atoms with van der Waals surface area (Å²) in [6.45, 7) is 3.98. The number of fused-ring (bicyclic) bond motifs is 1. The molecule has 2 fully saturated rings. The average Bonchev–Trinajstić information content (AvgIpc) is 2.77. The van der Waals surface area contributed by atoms with E-state index < -0.39 is 0 Å². The summed E-state index contributed by atoms with van der Waals surface area (Å²) in [5.41, 5.74) is 1.70. The van der Waals surface area contributed by atoms with E-state index in [1.165, 1.54) is 5.56 Å². The Hall–Kier alpha value is -0.570. The highest BCUT2D eigenvalue weighted by atomic mass is 35.5. The van der Waals surface area contributed by atoms with Gasteiger partial charge in [-0.25, -0.2) is 0 Å². The van der Waals surface area contributed by atoms with Crippen molar-refractivity contribution in [2.24, 2.45) is 5.92 Å². The van der Waals surface area contributed by atoms with Crippen molar-refractivity contribution in [2.45, 2.75) is 5.41 Å². The summed E-state index contributed by atoms with van der Waals surface area (Å²) in [5.74, 6) is 0.671. The van der Waals surface area contributed by atoms with Crippen molar-refractivity contribution in [3.63, 3.8) is 0 Å². The lowest BCUT2D eigenvalue weighted by molar-refractivity contribution is 0.170. The second kappa shape index (κ2) is 4.12. The molecule has 2 atom stereocenters. The molecular formula is C12H16ClNO. The Balaban J connectivity index is 0.000000853. The fourth-order valence-corrected chi connectivity index (χ4v) is 2.77. The first-order valence-electron chi connectivity index (χ1n) is 5.26. The van der Waals surface area contributed by atoms with Crippen molar-refractivity contribution < 1.29 is 4.74 Å². The van der Waals surface area contributed by atoms with Gasteiger partial charge in [-0.3, -0.25) is 0 Å². The standard InChI is InChI=1S/C12H15NO.ClH/c1-2-4-10(5-3-1)12-8-13-6-11(12)7-14-9-12;/h1-5,11,13H,6-9H2;1H. The normalized spacial score (nSPS) is 33.5. The zero-order valence-corrected chi connectivity index (χ0v) is 9.43. The van der Waals surface area contributed by atoms with Crippen LogP contribution in [-0.2, 0) is 10.2 Å². The minimum absolute atomic E-state index is 0. The predicted molar refractivity (Wildman–Crippen MR) is 62.5 cm³/mol. The van der Waals surface area contributed by atoms with Gasteiger partial charge < -0.3 is 10.1 Å². The van der Waals surface area contributed by atoms with Gasteiger partial charge in [0.15, 0.2) is 0 Å². The van der Waals surface area contributed by atoms with E-state index in [0.29, 0.717) is 5.92 Å². The fourth-order valence-electron chi connectivity index (χ4n) is 2.77. The number of hydrogen-bond acceptors (Lipinski definition) is 2. The molecule has 2 aliphatic heterocycles. The molecule has 1 aromatic carbocycles. The first kappa shape index (κ1) is 10.9. The Morgan fingerprint density at radius 1 is 1.27 bits per heavy atom. The highest BCUT2D eigenvalue weighted by Gasteiger charge is 2.48. The van der Waals surface area contributed by atoms with Crippen molar-refractivity contribution in [3.05, 3.63) is 35.9 Å². The highest BCUT2D eigenvalue weighted by Crippen LogP contribution is 2.40. The van der Waals surface area contributed by atoms with E-state index in [9.17, 15) is 0 Å². The Labute approximate surface area is 96.4 Å². The molecule has 0 saturated carbocycles. The van der Waals surface area contributed by atoms with Crippen LogP contribution in [0.15, 0.2) is 30.3 Å². The van der Waals surface area contributed by atoms with E-state index in [-0.39, 0.29) is 17.8 Å². The molecule has 0 aliphatic carbocycles. The van der Waals surface area contributed by atoms with Gasteiger partial charge in [0.05, 0.1) is 13.2 Å². The summed E-state index contributed by atoms with van der Waals surface area (Å²) in [5, 5.41) is 3.48. The molecule has 2 unspecified atom stereocenters. The minimum atomic E-state index is 0. The van der Waals surface area contributed by atoms with Crippen molar-refractivity contribution >= 4 is 12.4 Å². The smallest absolute Gasteiger partial charge is 0.0579 e. The van der Waals surface area contributed by atoms with Crippen molar-refractivity contribution in [1.82, 2.24) is 5.32 Å². The molecule has 0 spiro atoms. The zero-order valence-electron chi connectivity index (χ0n) is 8.61. The molecule has 2 saturated heterocycles. The first-order valence-corrected chi connectivity index (χ1v) is 5.26. The van der Waals surface area contributed by atoms with Crippen molar-refractivity contribution in [3.8, 4) is 0 Å². The minimum Gasteiger partial charge on any atom is -0.380 e. The maximum Gasteiger partial charge on any atom is 0.0579 e. The van der Waals surface area contributed by atoms with Gasteiger partial charge in [0, 0.05) is 24.4 Å². The van der Waals surface area contributed by atoms with Gasteiger partial charge >= 0.3 is 0 Å². The van der Waals surface area contributed by atoms with Gasteiger partial charge in [-0.1, -0.05) is 30.3 Å². The monoisotopic (exact) mass is 225 g/mol. The highest BCUT2D eigenvalue weighted by molar-refractivity contribution is 5.85. The molecule has 15 heavy (non-hydrogen) atoms. The van der Waals surface area contributed by atoms with Crippen molar-refractivity contribution in [1.29, 1.82) is 0 Å². The molecule has 2 nitrogen and oxygen atoms in total. The fraction of sp³-hybridized carbons (Fsp3) is 0.500.